The van der Waals surface area contributed by atoms with Gasteiger partial charge in [0.15, 0.2) is 0 Å². The van der Waals surface area contributed by atoms with E-state index < -0.39 is 5.97 Å². The fraction of sp³-hybridized carbons (Fsp3) is 0.294. The molecule has 3 heterocycles. The van der Waals surface area contributed by atoms with Crippen molar-refractivity contribution in [2.24, 2.45) is 0 Å². The lowest BCUT2D eigenvalue weighted by Gasteiger charge is -2.11. The summed E-state index contributed by atoms with van der Waals surface area (Å²) < 4.78 is 12.2. The van der Waals surface area contributed by atoms with Gasteiger partial charge in [-0.15, -0.1) is 11.3 Å². The highest BCUT2D eigenvalue weighted by Gasteiger charge is 2.20. The number of thiophene rings is 1. The van der Waals surface area contributed by atoms with Gasteiger partial charge in [0, 0.05) is 5.39 Å². The zero-order valence-electron chi connectivity index (χ0n) is 13.4. The maximum Gasteiger partial charge on any atom is 0.355 e. The number of carbonyl (C=O) groups excluding carboxylic acids is 2. The number of fused-ring (bicyclic) bond motifs is 1. The van der Waals surface area contributed by atoms with Gasteiger partial charge in [-0.1, -0.05) is 0 Å². The van der Waals surface area contributed by atoms with E-state index in [-0.39, 0.29) is 18.6 Å². The van der Waals surface area contributed by atoms with Gasteiger partial charge < -0.3 is 19.0 Å². The molecule has 0 saturated carbocycles. The molecule has 3 aromatic heterocycles. The molecule has 0 atom stereocenters. The van der Waals surface area contributed by atoms with E-state index in [0.717, 1.165) is 10.2 Å². The van der Waals surface area contributed by atoms with Crippen LogP contribution in [-0.4, -0.2) is 22.5 Å². The van der Waals surface area contributed by atoms with Gasteiger partial charge in [-0.05, 0) is 43.5 Å². The molecule has 1 N–H and O–H groups in total. The van der Waals surface area contributed by atoms with Crippen molar-refractivity contribution in [1.29, 1.82) is 0 Å². The van der Waals surface area contributed by atoms with Gasteiger partial charge in [0.05, 0.1) is 18.9 Å². The first kappa shape index (κ1) is 16.3. The molecule has 0 aliphatic rings. The molecular formula is C17H18N2O4S. The molecule has 0 saturated heterocycles. The highest BCUT2D eigenvalue weighted by molar-refractivity contribution is 7.16. The van der Waals surface area contributed by atoms with Gasteiger partial charge >= 0.3 is 5.97 Å². The largest absolute Gasteiger partial charge is 0.467 e. The van der Waals surface area contributed by atoms with Crippen LogP contribution in [-0.2, 0) is 22.6 Å². The summed E-state index contributed by atoms with van der Waals surface area (Å²) >= 11 is 1.49. The van der Waals surface area contributed by atoms with Crippen molar-refractivity contribution in [3.8, 4) is 0 Å². The van der Waals surface area contributed by atoms with E-state index in [1.807, 2.05) is 11.4 Å². The van der Waals surface area contributed by atoms with Crippen LogP contribution in [0.3, 0.4) is 0 Å². The van der Waals surface area contributed by atoms with Crippen LogP contribution in [0.25, 0.3) is 10.2 Å². The molecule has 6 nitrogen and oxygen atoms in total. The van der Waals surface area contributed by atoms with Crippen molar-refractivity contribution in [2.75, 3.05) is 0 Å². The lowest BCUT2D eigenvalue weighted by Crippen LogP contribution is -2.28. The van der Waals surface area contributed by atoms with E-state index in [1.54, 1.807) is 42.9 Å². The third-order valence-corrected chi connectivity index (χ3v) is 4.35. The first-order valence-electron chi connectivity index (χ1n) is 7.61. The molecule has 0 spiro atoms. The van der Waals surface area contributed by atoms with Crippen LogP contribution < -0.4 is 5.32 Å². The minimum absolute atomic E-state index is 0.0489. The number of aromatic nitrogens is 1. The number of nitrogens with one attached hydrogen (secondary N) is 1. The van der Waals surface area contributed by atoms with Gasteiger partial charge in [0.25, 0.3) is 0 Å². The molecule has 3 rings (SSSR count). The summed E-state index contributed by atoms with van der Waals surface area (Å²) in [6, 6.07) is 7.24. The van der Waals surface area contributed by atoms with Gasteiger partial charge in [-0.25, -0.2) is 4.79 Å². The number of rotatable bonds is 6. The maximum absolute atomic E-state index is 12.3. The average molecular weight is 346 g/mol. The summed E-state index contributed by atoms with van der Waals surface area (Å²) in [5.41, 5.74) is 0.388. The number of nitrogens with zero attached hydrogens (tertiary/aromatic N) is 1. The van der Waals surface area contributed by atoms with Crippen molar-refractivity contribution in [3.63, 3.8) is 0 Å². The second kappa shape index (κ2) is 6.92. The van der Waals surface area contributed by atoms with Gasteiger partial charge in [-0.2, -0.15) is 0 Å². The van der Waals surface area contributed by atoms with Gasteiger partial charge in [0.1, 0.15) is 22.8 Å². The highest BCUT2D eigenvalue weighted by Crippen LogP contribution is 2.26. The first-order valence-corrected chi connectivity index (χ1v) is 8.49. The van der Waals surface area contributed by atoms with Crippen molar-refractivity contribution in [2.45, 2.75) is 33.0 Å². The van der Waals surface area contributed by atoms with Gasteiger partial charge in [0.2, 0.25) is 5.91 Å². The van der Waals surface area contributed by atoms with Crippen molar-refractivity contribution < 1.29 is 18.7 Å². The highest BCUT2D eigenvalue weighted by atomic mass is 32.1. The Kier molecular flexibility index (Phi) is 4.71. The second-order valence-corrected chi connectivity index (χ2v) is 6.50. The van der Waals surface area contributed by atoms with Crippen molar-refractivity contribution >= 4 is 33.4 Å². The molecule has 0 aliphatic carbocycles. The van der Waals surface area contributed by atoms with Crippen LogP contribution in [0.15, 0.2) is 40.3 Å². The topological polar surface area (TPSA) is 73.5 Å². The van der Waals surface area contributed by atoms with Crippen LogP contribution in [0.2, 0.25) is 0 Å². The number of amides is 1. The Labute approximate surface area is 143 Å². The molecule has 0 aliphatic heterocycles. The van der Waals surface area contributed by atoms with E-state index >= 15 is 0 Å². The van der Waals surface area contributed by atoms with Crippen LogP contribution in [0.1, 0.15) is 30.1 Å². The maximum atomic E-state index is 12.3. The molecule has 7 heteroatoms. The fourth-order valence-electron chi connectivity index (χ4n) is 2.37. The van der Waals surface area contributed by atoms with Crippen LogP contribution >= 0.6 is 11.3 Å². The van der Waals surface area contributed by atoms with Gasteiger partial charge in [-0.3, -0.25) is 4.79 Å². The molecule has 1 amide bonds. The molecule has 0 unspecified atom stereocenters. The Hall–Kier alpha value is -2.54. The number of esters is 1. The Morgan fingerprint density at radius 3 is 2.92 bits per heavy atom. The molecule has 24 heavy (non-hydrogen) atoms. The predicted octanol–water partition coefficient (Wildman–Crippen LogP) is 3.18. The summed E-state index contributed by atoms with van der Waals surface area (Å²) in [5.74, 6) is 0.0553. The lowest BCUT2D eigenvalue weighted by molar-refractivity contribution is -0.121. The van der Waals surface area contributed by atoms with E-state index in [2.05, 4.69) is 5.32 Å². The molecule has 0 aromatic carbocycles. The van der Waals surface area contributed by atoms with E-state index in [4.69, 9.17) is 9.15 Å². The minimum Gasteiger partial charge on any atom is -0.467 e. The minimum atomic E-state index is -0.424. The Morgan fingerprint density at radius 2 is 2.21 bits per heavy atom. The first-order chi connectivity index (χ1) is 11.5. The Bertz CT molecular complexity index is 845. The van der Waals surface area contributed by atoms with E-state index in [0.29, 0.717) is 18.0 Å². The number of furan rings is 1. The predicted molar refractivity (Wildman–Crippen MR) is 90.9 cm³/mol. The standard InChI is InChI=1S/C17H18N2O4S/c1-11(2)23-17(21)14-8-12-5-7-24-16(12)19(14)10-15(20)18-9-13-4-3-6-22-13/h3-8,11H,9-10H2,1-2H3,(H,18,20). The number of ether oxygens (including phenoxy) is 1. The number of carbonyl (C=O) groups is 2. The smallest absolute Gasteiger partial charge is 0.355 e. The van der Waals surface area contributed by atoms with Crippen LogP contribution in [0, 0.1) is 0 Å². The Morgan fingerprint density at radius 1 is 1.38 bits per heavy atom. The third kappa shape index (κ3) is 3.51. The summed E-state index contributed by atoms with van der Waals surface area (Å²) in [7, 11) is 0. The summed E-state index contributed by atoms with van der Waals surface area (Å²) in [5, 5.41) is 5.64. The van der Waals surface area contributed by atoms with Crippen LogP contribution in [0.5, 0.6) is 0 Å². The summed E-state index contributed by atoms with van der Waals surface area (Å²) in [6.07, 6.45) is 1.34. The van der Waals surface area contributed by atoms with E-state index in [1.165, 1.54) is 11.3 Å². The molecule has 3 aromatic rings. The molecule has 0 radical (unpaired) electrons. The number of hydrogen-bond donors (Lipinski definition) is 1. The average Bonchev–Trinajstić information content (AvgIpc) is 3.22. The normalized spacial score (nSPS) is 11.1. The Balaban J connectivity index is 1.77. The SMILES string of the molecule is CC(C)OC(=O)c1cc2ccsc2n1CC(=O)NCc1ccco1. The lowest BCUT2D eigenvalue weighted by atomic mass is 10.3. The summed E-state index contributed by atoms with van der Waals surface area (Å²) in [4.78, 5) is 25.4. The quantitative estimate of drug-likeness (QED) is 0.696. The molecule has 126 valence electrons. The molecule has 0 bridgehead atoms. The van der Waals surface area contributed by atoms with Crippen molar-refractivity contribution in [3.05, 3.63) is 47.4 Å². The fourth-order valence-corrected chi connectivity index (χ4v) is 3.27. The van der Waals surface area contributed by atoms with Crippen LogP contribution in [0.4, 0.5) is 0 Å². The number of hydrogen-bond acceptors (Lipinski definition) is 5. The van der Waals surface area contributed by atoms with E-state index in [9.17, 15) is 9.59 Å². The molecule has 0 fully saturated rings. The zero-order chi connectivity index (χ0) is 17.1. The molecular weight excluding hydrogens is 328 g/mol. The monoisotopic (exact) mass is 346 g/mol. The third-order valence-electron chi connectivity index (χ3n) is 3.40. The van der Waals surface area contributed by atoms with Crippen molar-refractivity contribution in [1.82, 2.24) is 9.88 Å². The summed E-state index contributed by atoms with van der Waals surface area (Å²) in [6.45, 7) is 3.95. The zero-order valence-corrected chi connectivity index (χ0v) is 14.3. The second-order valence-electron chi connectivity index (χ2n) is 5.61.